The molecule has 1 saturated heterocycles. The fourth-order valence-electron chi connectivity index (χ4n) is 4.82. The Labute approximate surface area is 216 Å². The Kier molecular flexibility index (Phi) is 7.73. The van der Waals surface area contributed by atoms with Crippen molar-refractivity contribution < 1.29 is 24.0 Å². The van der Waals surface area contributed by atoms with Gasteiger partial charge in [-0.15, -0.1) is 0 Å². The smallest absolute Gasteiger partial charge is 0.273 e. The summed E-state index contributed by atoms with van der Waals surface area (Å²) in [7, 11) is 0. The third kappa shape index (κ3) is 6.70. The predicted octanol–water partition coefficient (Wildman–Crippen LogP) is 4.31. The van der Waals surface area contributed by atoms with Gasteiger partial charge in [0.05, 0.1) is 6.04 Å². The highest BCUT2D eigenvalue weighted by Crippen LogP contribution is 2.40. The van der Waals surface area contributed by atoms with E-state index in [1.54, 1.807) is 18.2 Å². The van der Waals surface area contributed by atoms with Crippen LogP contribution in [-0.4, -0.2) is 52.7 Å². The summed E-state index contributed by atoms with van der Waals surface area (Å²) in [5.41, 5.74) is 1.33. The van der Waals surface area contributed by atoms with Crippen LogP contribution in [0, 0.1) is 5.92 Å². The molecule has 1 saturated carbocycles. The molecule has 0 bridgehead atoms. The number of hydrogen-bond donors (Lipinski definition) is 2. The molecule has 2 fully saturated rings. The molecule has 2 N–H and O–H groups in total. The van der Waals surface area contributed by atoms with Crippen LogP contribution in [0.5, 0.6) is 11.5 Å². The highest BCUT2D eigenvalue weighted by molar-refractivity contribution is 5.92. The van der Waals surface area contributed by atoms with Gasteiger partial charge in [-0.3, -0.25) is 9.59 Å². The molecule has 0 spiro atoms. The lowest BCUT2D eigenvalue weighted by Gasteiger charge is -2.36. The average molecular weight is 504 g/mol. The lowest BCUT2D eigenvalue weighted by molar-refractivity contribution is -0.132. The second kappa shape index (κ2) is 11.5. The summed E-state index contributed by atoms with van der Waals surface area (Å²) in [4.78, 5) is 27.7. The number of aryl methyl sites for hydroxylation is 1. The Morgan fingerprint density at radius 1 is 1.05 bits per heavy atom. The van der Waals surface area contributed by atoms with E-state index in [4.69, 9.17) is 9.26 Å². The number of nitrogens with one attached hydrogen (secondary N) is 1. The number of aromatic hydroxyl groups is 1. The number of ether oxygens (including phenoxy) is 1. The van der Waals surface area contributed by atoms with Crippen molar-refractivity contribution in [2.45, 2.75) is 50.5 Å². The summed E-state index contributed by atoms with van der Waals surface area (Å²) in [5.74, 6) is 2.18. The molecule has 8 nitrogen and oxygen atoms in total. The van der Waals surface area contributed by atoms with Gasteiger partial charge < -0.3 is 24.6 Å². The van der Waals surface area contributed by atoms with E-state index in [1.807, 2.05) is 47.4 Å². The maximum atomic E-state index is 13.0. The number of nitrogens with zero attached hydrogens (tertiary/aromatic N) is 2. The van der Waals surface area contributed by atoms with Crippen molar-refractivity contribution in [2.75, 3.05) is 19.7 Å². The van der Waals surface area contributed by atoms with Gasteiger partial charge in [0.2, 0.25) is 5.91 Å². The largest absolute Gasteiger partial charge is 0.508 e. The van der Waals surface area contributed by atoms with Crippen molar-refractivity contribution in [3.63, 3.8) is 0 Å². The zero-order chi connectivity index (χ0) is 25.6. The quantitative estimate of drug-likeness (QED) is 0.427. The summed E-state index contributed by atoms with van der Waals surface area (Å²) in [6.45, 7) is 1.63. The van der Waals surface area contributed by atoms with Crippen LogP contribution in [0.25, 0.3) is 0 Å². The van der Waals surface area contributed by atoms with Crippen molar-refractivity contribution in [2.24, 2.45) is 5.92 Å². The van der Waals surface area contributed by atoms with Gasteiger partial charge in [0.25, 0.3) is 5.91 Å². The number of hydrogen-bond acceptors (Lipinski definition) is 6. The number of aromatic nitrogens is 1. The van der Waals surface area contributed by atoms with Crippen LogP contribution in [0.1, 0.15) is 59.8 Å². The normalized spacial score (nSPS) is 16.8. The van der Waals surface area contributed by atoms with Gasteiger partial charge >= 0.3 is 0 Å². The third-order valence-electron chi connectivity index (χ3n) is 7.26. The van der Waals surface area contributed by atoms with Gasteiger partial charge in [0, 0.05) is 31.5 Å². The SMILES string of the molecule is O=C(NC(COc1ccccc1)C1CCN(C(=O)CCc2ccc(O)cc2)CC1)c1cc(C2CC2)on1. The molecule has 1 atom stereocenters. The van der Waals surface area contributed by atoms with E-state index in [0.29, 0.717) is 44.1 Å². The minimum absolute atomic E-state index is 0.128. The van der Waals surface area contributed by atoms with Crippen LogP contribution in [-0.2, 0) is 11.2 Å². The second-order valence-electron chi connectivity index (χ2n) is 9.98. The molecule has 3 aromatic rings. The Morgan fingerprint density at radius 2 is 1.78 bits per heavy atom. The number of likely N-dealkylation sites (tertiary alicyclic amines) is 1. The molecule has 5 rings (SSSR count). The Bertz CT molecular complexity index is 1180. The van der Waals surface area contributed by atoms with Crippen LogP contribution >= 0.6 is 0 Å². The van der Waals surface area contributed by atoms with Gasteiger partial charge in [-0.1, -0.05) is 35.5 Å². The average Bonchev–Trinajstić information content (AvgIpc) is 3.67. The molecule has 1 aliphatic carbocycles. The van der Waals surface area contributed by atoms with Crippen LogP contribution in [0.4, 0.5) is 0 Å². The topological polar surface area (TPSA) is 105 Å². The van der Waals surface area contributed by atoms with Crippen molar-refractivity contribution in [1.29, 1.82) is 0 Å². The lowest BCUT2D eigenvalue weighted by Crippen LogP contribution is -2.49. The molecule has 1 unspecified atom stereocenters. The number of benzene rings is 2. The fourth-order valence-corrected chi connectivity index (χ4v) is 4.82. The van der Waals surface area contributed by atoms with E-state index in [1.165, 1.54) is 0 Å². The summed E-state index contributed by atoms with van der Waals surface area (Å²) >= 11 is 0. The number of rotatable bonds is 10. The molecule has 194 valence electrons. The van der Waals surface area contributed by atoms with Gasteiger partial charge in [-0.2, -0.15) is 0 Å². The number of phenols is 1. The number of carbonyl (C=O) groups is 2. The van der Waals surface area contributed by atoms with Crippen molar-refractivity contribution >= 4 is 11.8 Å². The van der Waals surface area contributed by atoms with Crippen LogP contribution in [0.15, 0.2) is 65.2 Å². The van der Waals surface area contributed by atoms with Gasteiger partial charge in [0.1, 0.15) is 23.9 Å². The van der Waals surface area contributed by atoms with Gasteiger partial charge in [0.15, 0.2) is 5.69 Å². The summed E-state index contributed by atoms with van der Waals surface area (Å²) in [6.07, 6.45) is 4.79. The predicted molar refractivity (Wildman–Crippen MR) is 137 cm³/mol. The Hall–Kier alpha value is -3.81. The monoisotopic (exact) mass is 503 g/mol. The molecular weight excluding hydrogens is 470 g/mol. The zero-order valence-electron chi connectivity index (χ0n) is 20.8. The Morgan fingerprint density at radius 3 is 2.49 bits per heavy atom. The molecule has 2 heterocycles. The van der Waals surface area contributed by atoms with Crippen molar-refractivity contribution in [1.82, 2.24) is 15.4 Å². The summed E-state index contributed by atoms with van der Waals surface area (Å²) in [5, 5.41) is 16.6. The number of piperidine rings is 1. The third-order valence-corrected chi connectivity index (χ3v) is 7.26. The number of phenolic OH excluding ortho intramolecular Hbond substituents is 1. The van der Waals surface area contributed by atoms with E-state index < -0.39 is 0 Å². The first-order valence-corrected chi connectivity index (χ1v) is 13.1. The molecule has 2 aliphatic rings. The summed E-state index contributed by atoms with van der Waals surface area (Å²) in [6, 6.07) is 18.1. The first kappa shape index (κ1) is 24.9. The maximum absolute atomic E-state index is 13.0. The molecule has 8 heteroatoms. The number of amides is 2. The van der Waals surface area contributed by atoms with E-state index in [2.05, 4.69) is 10.5 Å². The second-order valence-corrected chi connectivity index (χ2v) is 9.98. The molecule has 37 heavy (non-hydrogen) atoms. The standard InChI is InChI=1S/C29H33N3O5/c33-23-11-6-20(7-12-23)8-13-28(34)32-16-14-21(15-17-32)26(19-36-24-4-2-1-3-5-24)30-29(35)25-18-27(37-31-25)22-9-10-22/h1-7,11-12,18,21-22,26,33H,8-10,13-17,19H2,(H,30,35). The molecule has 1 aliphatic heterocycles. The Balaban J connectivity index is 1.17. The minimum atomic E-state index is -0.260. The lowest BCUT2D eigenvalue weighted by atomic mass is 9.89. The molecule has 0 radical (unpaired) electrons. The van der Waals surface area contributed by atoms with Gasteiger partial charge in [-0.25, -0.2) is 0 Å². The first-order valence-electron chi connectivity index (χ1n) is 13.1. The molecular formula is C29H33N3O5. The molecule has 2 aromatic carbocycles. The summed E-state index contributed by atoms with van der Waals surface area (Å²) < 4.78 is 11.4. The maximum Gasteiger partial charge on any atom is 0.273 e. The van der Waals surface area contributed by atoms with Crippen molar-refractivity contribution in [3.05, 3.63) is 77.7 Å². The van der Waals surface area contributed by atoms with E-state index in [9.17, 15) is 14.7 Å². The van der Waals surface area contributed by atoms with Crippen LogP contribution in [0.3, 0.4) is 0 Å². The van der Waals surface area contributed by atoms with E-state index in [0.717, 1.165) is 42.8 Å². The number of para-hydroxylation sites is 1. The fraction of sp³-hybridized carbons (Fsp3) is 0.414. The first-order chi connectivity index (χ1) is 18.0. The molecule has 1 aromatic heterocycles. The van der Waals surface area contributed by atoms with Crippen LogP contribution in [0.2, 0.25) is 0 Å². The van der Waals surface area contributed by atoms with E-state index in [-0.39, 0.29) is 29.5 Å². The van der Waals surface area contributed by atoms with E-state index >= 15 is 0 Å². The highest BCUT2D eigenvalue weighted by Gasteiger charge is 2.32. The van der Waals surface area contributed by atoms with Crippen molar-refractivity contribution in [3.8, 4) is 11.5 Å². The van der Waals surface area contributed by atoms with Gasteiger partial charge in [-0.05, 0) is 67.9 Å². The zero-order valence-corrected chi connectivity index (χ0v) is 20.8. The highest BCUT2D eigenvalue weighted by atomic mass is 16.5. The van der Waals surface area contributed by atoms with Crippen LogP contribution < -0.4 is 10.1 Å². The molecule has 2 amide bonds. The minimum Gasteiger partial charge on any atom is -0.508 e. The number of carbonyl (C=O) groups excluding carboxylic acids is 2.